The van der Waals surface area contributed by atoms with Crippen molar-refractivity contribution >= 4 is 28.8 Å². The maximum atomic E-state index is 12.3. The third-order valence-corrected chi connectivity index (χ3v) is 6.07. The number of aryl methyl sites for hydroxylation is 1. The van der Waals surface area contributed by atoms with Gasteiger partial charge in [0.15, 0.2) is 0 Å². The van der Waals surface area contributed by atoms with Gasteiger partial charge in [-0.05, 0) is 43.7 Å². The second kappa shape index (κ2) is 6.92. The van der Waals surface area contributed by atoms with Gasteiger partial charge in [-0.15, -0.1) is 0 Å². The number of carboxylic acid groups (broad SMARTS) is 1. The monoisotopic (exact) mass is 384 g/mol. The number of likely N-dealkylation sites (tertiary alicyclic amines) is 1. The number of aromatic nitrogens is 2. The zero-order valence-electron chi connectivity index (χ0n) is 16.0. The van der Waals surface area contributed by atoms with Crippen molar-refractivity contribution in [3.05, 3.63) is 29.5 Å². The largest absolute Gasteiger partial charge is 0.465 e. The van der Waals surface area contributed by atoms with Gasteiger partial charge in [-0.2, -0.15) is 5.10 Å². The van der Waals surface area contributed by atoms with Crippen LogP contribution in [0.5, 0.6) is 0 Å². The van der Waals surface area contributed by atoms with Crippen LogP contribution in [0.4, 0.5) is 4.79 Å². The van der Waals surface area contributed by atoms with Crippen LogP contribution in [0.25, 0.3) is 10.9 Å². The van der Waals surface area contributed by atoms with Crippen LogP contribution in [-0.4, -0.2) is 50.3 Å². The first kappa shape index (κ1) is 18.5. The van der Waals surface area contributed by atoms with E-state index in [1.807, 2.05) is 20.0 Å². The molecule has 3 atom stereocenters. The molecule has 8 heteroatoms. The van der Waals surface area contributed by atoms with Crippen molar-refractivity contribution in [2.75, 3.05) is 6.54 Å². The van der Waals surface area contributed by atoms with E-state index >= 15 is 0 Å². The van der Waals surface area contributed by atoms with Crippen molar-refractivity contribution in [2.24, 2.45) is 7.05 Å². The molecule has 3 amide bonds. The molecule has 1 aromatic heterocycles. The zero-order chi connectivity index (χ0) is 20.0. The van der Waals surface area contributed by atoms with Crippen molar-refractivity contribution in [3.8, 4) is 0 Å². The van der Waals surface area contributed by atoms with Gasteiger partial charge in [0, 0.05) is 31.4 Å². The Morgan fingerprint density at radius 2 is 2.07 bits per heavy atom. The van der Waals surface area contributed by atoms with Crippen LogP contribution in [-0.2, 0) is 16.6 Å². The standard InChI is InChI=1S/C20H24N4O4/c1-11-9-13(7-8-24(11)20(27)28)12-3-4-14-16(10-12)23(2)22-18(14)15-5-6-17(25)21-19(15)26/h3-4,10-11,13,15H,5-9H2,1-2H3,(H,27,28)(H,21,25,26)/t11-,13+,15?/m1/s1. The minimum atomic E-state index is -0.859. The van der Waals surface area contributed by atoms with Crippen LogP contribution in [0.1, 0.15) is 55.7 Å². The number of carbonyl (C=O) groups is 3. The molecule has 4 rings (SSSR count). The molecule has 0 radical (unpaired) electrons. The molecule has 28 heavy (non-hydrogen) atoms. The van der Waals surface area contributed by atoms with Gasteiger partial charge < -0.3 is 10.0 Å². The Kier molecular flexibility index (Phi) is 4.56. The topological polar surface area (TPSA) is 105 Å². The summed E-state index contributed by atoms with van der Waals surface area (Å²) in [5.74, 6) is -0.629. The fraction of sp³-hybridized carbons (Fsp3) is 0.500. The molecule has 148 valence electrons. The zero-order valence-corrected chi connectivity index (χ0v) is 16.0. The van der Waals surface area contributed by atoms with Gasteiger partial charge in [-0.3, -0.25) is 19.6 Å². The second-order valence-corrected chi connectivity index (χ2v) is 7.84. The van der Waals surface area contributed by atoms with Crippen LogP contribution in [0.3, 0.4) is 0 Å². The number of nitrogens with one attached hydrogen (secondary N) is 1. The number of hydrogen-bond acceptors (Lipinski definition) is 4. The number of hydrogen-bond donors (Lipinski definition) is 2. The highest BCUT2D eigenvalue weighted by molar-refractivity contribution is 6.02. The van der Waals surface area contributed by atoms with E-state index in [0.29, 0.717) is 31.0 Å². The van der Waals surface area contributed by atoms with Gasteiger partial charge in [-0.1, -0.05) is 12.1 Å². The summed E-state index contributed by atoms with van der Waals surface area (Å²) < 4.78 is 1.79. The minimum Gasteiger partial charge on any atom is -0.465 e. The lowest BCUT2D eigenvalue weighted by molar-refractivity contribution is -0.134. The van der Waals surface area contributed by atoms with Gasteiger partial charge in [-0.25, -0.2) is 4.79 Å². The van der Waals surface area contributed by atoms with Crippen LogP contribution >= 0.6 is 0 Å². The van der Waals surface area contributed by atoms with E-state index in [-0.39, 0.29) is 17.9 Å². The lowest BCUT2D eigenvalue weighted by Gasteiger charge is -2.36. The molecule has 1 unspecified atom stereocenters. The Labute approximate surface area is 162 Å². The number of carbonyl (C=O) groups excluding carboxylic acids is 2. The number of nitrogens with zero attached hydrogens (tertiary/aromatic N) is 3. The molecule has 2 aliphatic heterocycles. The van der Waals surface area contributed by atoms with Crippen molar-refractivity contribution in [3.63, 3.8) is 0 Å². The molecule has 1 aromatic carbocycles. The highest BCUT2D eigenvalue weighted by Gasteiger charge is 2.33. The van der Waals surface area contributed by atoms with Crippen LogP contribution < -0.4 is 5.32 Å². The minimum absolute atomic E-state index is 0.0162. The van der Waals surface area contributed by atoms with E-state index in [4.69, 9.17) is 0 Å². The normalized spacial score (nSPS) is 25.8. The second-order valence-electron chi connectivity index (χ2n) is 7.84. The fourth-order valence-corrected chi connectivity index (χ4v) is 4.53. The highest BCUT2D eigenvalue weighted by Crippen LogP contribution is 2.35. The maximum absolute atomic E-state index is 12.3. The first-order valence-corrected chi connectivity index (χ1v) is 9.65. The SMILES string of the molecule is C[C@@H]1C[C@@H](c2ccc3c(C4CCC(=O)NC4=O)nn(C)c3c2)CCN1C(=O)O. The van der Waals surface area contributed by atoms with E-state index in [1.54, 1.807) is 4.68 Å². The summed E-state index contributed by atoms with van der Waals surface area (Å²) in [4.78, 5) is 36.5. The summed E-state index contributed by atoms with van der Waals surface area (Å²) in [6, 6.07) is 6.15. The molecule has 3 heterocycles. The first-order chi connectivity index (χ1) is 13.3. The molecule has 2 fully saturated rings. The van der Waals surface area contributed by atoms with Crippen molar-refractivity contribution < 1.29 is 19.5 Å². The molecule has 8 nitrogen and oxygen atoms in total. The quantitative estimate of drug-likeness (QED) is 0.774. The predicted octanol–water partition coefficient (Wildman–Crippen LogP) is 2.34. The lowest BCUT2D eigenvalue weighted by atomic mass is 9.85. The molecule has 2 aromatic rings. The molecular formula is C20H24N4O4. The third kappa shape index (κ3) is 3.12. The van der Waals surface area contributed by atoms with E-state index in [0.717, 1.165) is 23.7 Å². The van der Waals surface area contributed by atoms with Crippen molar-refractivity contribution in [2.45, 2.75) is 50.5 Å². The Balaban J connectivity index is 1.62. The van der Waals surface area contributed by atoms with Crippen molar-refractivity contribution in [1.82, 2.24) is 20.0 Å². The van der Waals surface area contributed by atoms with Gasteiger partial charge in [0.05, 0.1) is 17.1 Å². The number of amides is 3. The number of fused-ring (bicyclic) bond motifs is 1. The van der Waals surface area contributed by atoms with Gasteiger partial charge in [0.1, 0.15) is 0 Å². The van der Waals surface area contributed by atoms with Crippen LogP contribution in [0.2, 0.25) is 0 Å². The average Bonchev–Trinajstić information content (AvgIpc) is 2.97. The van der Waals surface area contributed by atoms with E-state index in [1.165, 1.54) is 10.5 Å². The molecule has 2 saturated heterocycles. The van der Waals surface area contributed by atoms with Gasteiger partial charge in [0.25, 0.3) is 0 Å². The average molecular weight is 384 g/mol. The lowest BCUT2D eigenvalue weighted by Crippen LogP contribution is -2.43. The number of benzene rings is 1. The maximum Gasteiger partial charge on any atom is 0.407 e. The summed E-state index contributed by atoms with van der Waals surface area (Å²) in [6.07, 6.45) is 1.52. The third-order valence-electron chi connectivity index (χ3n) is 6.07. The Bertz CT molecular complexity index is 967. The molecule has 2 N–H and O–H groups in total. The molecule has 2 aliphatic rings. The summed E-state index contributed by atoms with van der Waals surface area (Å²) in [7, 11) is 1.86. The first-order valence-electron chi connectivity index (χ1n) is 9.65. The molecule has 0 saturated carbocycles. The summed E-state index contributed by atoms with van der Waals surface area (Å²) >= 11 is 0. The van der Waals surface area contributed by atoms with Gasteiger partial charge in [0.2, 0.25) is 11.8 Å². The summed E-state index contributed by atoms with van der Waals surface area (Å²) in [6.45, 7) is 2.48. The summed E-state index contributed by atoms with van der Waals surface area (Å²) in [5, 5.41) is 17.2. The van der Waals surface area contributed by atoms with Gasteiger partial charge >= 0.3 is 6.09 Å². The van der Waals surface area contributed by atoms with Crippen molar-refractivity contribution in [1.29, 1.82) is 0 Å². The molecule has 0 spiro atoms. The summed E-state index contributed by atoms with van der Waals surface area (Å²) in [5.41, 5.74) is 2.83. The smallest absolute Gasteiger partial charge is 0.407 e. The van der Waals surface area contributed by atoms with E-state index < -0.39 is 12.0 Å². The van der Waals surface area contributed by atoms with Crippen LogP contribution in [0.15, 0.2) is 18.2 Å². The van der Waals surface area contributed by atoms with E-state index in [9.17, 15) is 19.5 Å². The number of rotatable bonds is 2. The molecule has 0 aliphatic carbocycles. The fourth-order valence-electron chi connectivity index (χ4n) is 4.53. The Hall–Kier alpha value is -2.90. The molecular weight excluding hydrogens is 360 g/mol. The number of piperidine rings is 2. The Morgan fingerprint density at radius 1 is 1.29 bits per heavy atom. The van der Waals surface area contributed by atoms with E-state index in [2.05, 4.69) is 22.5 Å². The Morgan fingerprint density at radius 3 is 2.75 bits per heavy atom. The number of imide groups is 1. The van der Waals surface area contributed by atoms with Crippen LogP contribution in [0, 0.1) is 0 Å². The predicted molar refractivity (Wildman–Crippen MR) is 102 cm³/mol. The highest BCUT2D eigenvalue weighted by atomic mass is 16.4. The molecule has 0 bridgehead atoms.